The maximum absolute atomic E-state index is 12.0. The van der Waals surface area contributed by atoms with Gasteiger partial charge in [-0.25, -0.2) is 8.78 Å². The molecular formula is C10H13F2NO2S. The Morgan fingerprint density at radius 3 is 2.88 bits per heavy atom. The van der Waals surface area contributed by atoms with Gasteiger partial charge >= 0.3 is 0 Å². The van der Waals surface area contributed by atoms with Crippen molar-refractivity contribution in [3.8, 4) is 0 Å². The fraction of sp³-hybridized carbons (Fsp3) is 0.500. The van der Waals surface area contributed by atoms with Crippen LogP contribution in [0, 0.1) is 0 Å². The van der Waals surface area contributed by atoms with E-state index in [-0.39, 0.29) is 0 Å². The molecule has 1 unspecified atom stereocenters. The van der Waals surface area contributed by atoms with E-state index in [9.17, 15) is 13.6 Å². The first kappa shape index (κ1) is 13.1. The van der Waals surface area contributed by atoms with E-state index in [1.165, 1.54) is 11.3 Å². The molecule has 16 heavy (non-hydrogen) atoms. The van der Waals surface area contributed by atoms with Gasteiger partial charge in [0.25, 0.3) is 12.3 Å². The van der Waals surface area contributed by atoms with Crippen LogP contribution >= 0.6 is 11.3 Å². The highest BCUT2D eigenvalue weighted by Gasteiger charge is 2.19. The zero-order chi connectivity index (χ0) is 12.1. The predicted octanol–water partition coefficient (Wildman–Crippen LogP) is 1.67. The van der Waals surface area contributed by atoms with Crippen molar-refractivity contribution < 1.29 is 18.7 Å². The number of thiophene rings is 1. The van der Waals surface area contributed by atoms with Gasteiger partial charge in [0.05, 0.1) is 4.88 Å². The lowest BCUT2D eigenvalue weighted by molar-refractivity contribution is -0.00268. The number of hydrogen-bond donors (Lipinski definition) is 2. The molecule has 0 spiro atoms. The number of aliphatic hydroxyl groups excluding tert-OH is 1. The average molecular weight is 249 g/mol. The normalized spacial score (nSPS) is 12.8. The molecule has 1 aromatic rings. The Balaban J connectivity index is 2.53. The first-order chi connectivity index (χ1) is 7.56. The third kappa shape index (κ3) is 3.24. The zero-order valence-electron chi connectivity index (χ0n) is 8.74. The second-order valence-electron chi connectivity index (χ2n) is 3.24. The highest BCUT2D eigenvalue weighted by atomic mass is 32.1. The van der Waals surface area contributed by atoms with Gasteiger partial charge in [0, 0.05) is 6.54 Å². The van der Waals surface area contributed by atoms with Gasteiger partial charge in [0.15, 0.2) is 0 Å². The van der Waals surface area contributed by atoms with E-state index in [1.54, 1.807) is 5.38 Å². The van der Waals surface area contributed by atoms with E-state index in [2.05, 4.69) is 5.32 Å². The van der Waals surface area contributed by atoms with Crippen LogP contribution in [0.1, 0.15) is 22.2 Å². The molecule has 0 aliphatic rings. The molecule has 1 atom stereocenters. The summed E-state index contributed by atoms with van der Waals surface area (Å²) in [6.45, 7) is 1.48. The third-order valence-electron chi connectivity index (χ3n) is 2.10. The van der Waals surface area contributed by atoms with Crippen molar-refractivity contribution in [2.24, 2.45) is 0 Å². The molecule has 1 rings (SSSR count). The Hall–Kier alpha value is -1.01. The van der Waals surface area contributed by atoms with E-state index in [0.717, 1.165) is 5.56 Å². The number of alkyl halides is 2. The summed E-state index contributed by atoms with van der Waals surface area (Å²) in [5.41, 5.74) is 0.883. The molecule has 0 aromatic carbocycles. The lowest BCUT2D eigenvalue weighted by Crippen LogP contribution is -2.35. The Morgan fingerprint density at radius 2 is 2.31 bits per heavy atom. The van der Waals surface area contributed by atoms with Crippen LogP contribution in [0.15, 0.2) is 11.4 Å². The summed E-state index contributed by atoms with van der Waals surface area (Å²) in [5, 5.41) is 12.9. The summed E-state index contributed by atoms with van der Waals surface area (Å²) < 4.78 is 23.9. The zero-order valence-corrected chi connectivity index (χ0v) is 9.56. The quantitative estimate of drug-likeness (QED) is 0.834. The Bertz CT molecular complexity index is 354. The predicted molar refractivity (Wildman–Crippen MR) is 58.0 cm³/mol. The van der Waals surface area contributed by atoms with Crippen molar-refractivity contribution in [1.82, 2.24) is 5.32 Å². The smallest absolute Gasteiger partial charge is 0.265 e. The van der Waals surface area contributed by atoms with Crippen molar-refractivity contribution in [2.45, 2.75) is 25.9 Å². The second kappa shape index (κ2) is 5.91. The van der Waals surface area contributed by atoms with Gasteiger partial charge in [-0.15, -0.1) is 11.3 Å². The van der Waals surface area contributed by atoms with Crippen molar-refractivity contribution >= 4 is 17.2 Å². The van der Waals surface area contributed by atoms with Crippen LogP contribution in [-0.4, -0.2) is 30.1 Å². The fourth-order valence-corrected chi connectivity index (χ4v) is 2.09. The minimum Gasteiger partial charge on any atom is -0.385 e. The number of nitrogens with one attached hydrogen (secondary N) is 1. The number of rotatable bonds is 5. The molecular weight excluding hydrogens is 236 g/mol. The monoisotopic (exact) mass is 249 g/mol. The minimum atomic E-state index is -2.84. The molecule has 1 heterocycles. The van der Waals surface area contributed by atoms with Crippen molar-refractivity contribution in [1.29, 1.82) is 0 Å². The van der Waals surface area contributed by atoms with Crippen LogP contribution in [0.3, 0.4) is 0 Å². The van der Waals surface area contributed by atoms with Gasteiger partial charge in [-0.05, 0) is 23.4 Å². The molecule has 0 saturated carbocycles. The summed E-state index contributed by atoms with van der Waals surface area (Å²) in [4.78, 5) is 12.1. The Morgan fingerprint density at radius 1 is 1.62 bits per heavy atom. The minimum absolute atomic E-state index is 0.411. The Kier molecular flexibility index (Phi) is 4.82. The summed E-state index contributed by atoms with van der Waals surface area (Å²) in [6.07, 6.45) is -3.94. The summed E-state index contributed by atoms with van der Waals surface area (Å²) in [6, 6.07) is 1.82. The molecule has 0 fully saturated rings. The van der Waals surface area contributed by atoms with Gasteiger partial charge in [0.2, 0.25) is 0 Å². The topological polar surface area (TPSA) is 49.3 Å². The highest BCUT2D eigenvalue weighted by molar-refractivity contribution is 7.12. The lowest BCUT2D eigenvalue weighted by atomic mass is 10.2. The van der Waals surface area contributed by atoms with Gasteiger partial charge in [-0.1, -0.05) is 6.92 Å². The molecule has 0 aliphatic heterocycles. The first-order valence-electron chi connectivity index (χ1n) is 4.87. The molecule has 1 amide bonds. The molecule has 0 bridgehead atoms. The van der Waals surface area contributed by atoms with E-state index in [0.29, 0.717) is 11.3 Å². The summed E-state index contributed by atoms with van der Waals surface area (Å²) in [7, 11) is 0. The van der Waals surface area contributed by atoms with Gasteiger partial charge in [-0.2, -0.15) is 0 Å². The van der Waals surface area contributed by atoms with Crippen LogP contribution in [0.4, 0.5) is 8.78 Å². The van der Waals surface area contributed by atoms with Crippen molar-refractivity contribution in [2.75, 3.05) is 6.54 Å². The first-order valence-corrected chi connectivity index (χ1v) is 5.75. The summed E-state index contributed by atoms with van der Waals surface area (Å²) in [5.74, 6) is -0.411. The van der Waals surface area contributed by atoms with Crippen LogP contribution in [0.2, 0.25) is 0 Å². The molecule has 3 nitrogen and oxygen atoms in total. The SMILES string of the molecule is CCc1ccsc1C(=O)NCC(O)C(F)F. The summed E-state index contributed by atoms with van der Waals surface area (Å²) >= 11 is 1.26. The van der Waals surface area contributed by atoms with Gasteiger partial charge in [0.1, 0.15) is 6.10 Å². The standard InChI is InChI=1S/C10H13F2NO2S/c1-2-6-3-4-16-8(6)10(15)13-5-7(14)9(11)12/h3-4,7,9,14H,2,5H2,1H3,(H,13,15). The van der Waals surface area contributed by atoms with E-state index >= 15 is 0 Å². The largest absolute Gasteiger partial charge is 0.385 e. The Labute approximate surface area is 96.1 Å². The number of aryl methyl sites for hydroxylation is 1. The van der Waals surface area contributed by atoms with Gasteiger partial charge in [-0.3, -0.25) is 4.79 Å². The van der Waals surface area contributed by atoms with Crippen LogP contribution < -0.4 is 5.32 Å². The molecule has 0 aliphatic carbocycles. The molecule has 1 aromatic heterocycles. The van der Waals surface area contributed by atoms with Crippen LogP contribution in [0.5, 0.6) is 0 Å². The number of carbonyl (C=O) groups is 1. The van der Waals surface area contributed by atoms with Crippen molar-refractivity contribution in [3.05, 3.63) is 21.9 Å². The molecule has 6 heteroatoms. The average Bonchev–Trinajstić information content (AvgIpc) is 2.73. The van der Waals surface area contributed by atoms with Gasteiger partial charge < -0.3 is 10.4 Å². The number of amides is 1. The van der Waals surface area contributed by atoms with Crippen LogP contribution in [0.25, 0.3) is 0 Å². The molecule has 2 N–H and O–H groups in total. The van der Waals surface area contributed by atoms with Crippen molar-refractivity contribution in [3.63, 3.8) is 0 Å². The molecule has 90 valence electrons. The fourth-order valence-electron chi connectivity index (χ4n) is 1.18. The third-order valence-corrected chi connectivity index (χ3v) is 3.05. The number of carbonyl (C=O) groups excluding carboxylic acids is 1. The second-order valence-corrected chi connectivity index (χ2v) is 4.16. The molecule has 0 radical (unpaired) electrons. The van der Waals surface area contributed by atoms with E-state index in [4.69, 9.17) is 5.11 Å². The number of aliphatic hydroxyl groups is 1. The van der Waals surface area contributed by atoms with Crippen LogP contribution in [-0.2, 0) is 6.42 Å². The maximum atomic E-state index is 12.0. The lowest BCUT2D eigenvalue weighted by Gasteiger charge is -2.10. The maximum Gasteiger partial charge on any atom is 0.265 e. The highest BCUT2D eigenvalue weighted by Crippen LogP contribution is 2.17. The van der Waals surface area contributed by atoms with E-state index < -0.39 is 25.0 Å². The number of halogens is 2. The number of hydrogen-bond acceptors (Lipinski definition) is 3. The van der Waals surface area contributed by atoms with E-state index in [1.807, 2.05) is 13.0 Å². The molecule has 0 saturated heterocycles.